The fourth-order valence-corrected chi connectivity index (χ4v) is 3.07. The van der Waals surface area contributed by atoms with Crippen LogP contribution in [0, 0.1) is 5.92 Å². The number of likely N-dealkylation sites (tertiary alicyclic amines) is 1. The summed E-state index contributed by atoms with van der Waals surface area (Å²) in [5.74, 6) is 1.49. The smallest absolute Gasteiger partial charge is 0.160 e. The average Bonchev–Trinajstić information content (AvgIpc) is 2.48. The number of ether oxygens (including phenoxy) is 1. The highest BCUT2D eigenvalue weighted by Gasteiger charge is 2.24. The molecule has 1 fully saturated rings. The minimum Gasteiger partial charge on any atom is -0.504 e. The van der Waals surface area contributed by atoms with Crippen LogP contribution in [0.1, 0.15) is 31.4 Å². The molecule has 20 heavy (non-hydrogen) atoms. The Morgan fingerprint density at radius 2 is 2.30 bits per heavy atom. The van der Waals surface area contributed by atoms with E-state index in [0.717, 1.165) is 25.6 Å². The van der Waals surface area contributed by atoms with Crippen molar-refractivity contribution >= 4 is 0 Å². The van der Waals surface area contributed by atoms with Crippen LogP contribution in [-0.4, -0.2) is 43.8 Å². The minimum absolute atomic E-state index is 0.204. The number of piperidine rings is 1. The molecule has 2 rings (SSSR count). The summed E-state index contributed by atoms with van der Waals surface area (Å²) in [5.41, 5.74) is 1.20. The van der Waals surface area contributed by atoms with Crippen molar-refractivity contribution < 1.29 is 9.84 Å². The van der Waals surface area contributed by atoms with Gasteiger partial charge in [0.15, 0.2) is 11.5 Å². The Bertz CT molecular complexity index is 434. The van der Waals surface area contributed by atoms with E-state index in [1.165, 1.54) is 18.4 Å². The summed E-state index contributed by atoms with van der Waals surface area (Å²) >= 11 is 0. The zero-order valence-corrected chi connectivity index (χ0v) is 12.7. The second-order valence-electron chi connectivity index (χ2n) is 5.67. The normalized spacial score (nSPS) is 21.6. The summed E-state index contributed by atoms with van der Waals surface area (Å²) < 4.78 is 5.20. The third kappa shape index (κ3) is 3.44. The largest absolute Gasteiger partial charge is 0.504 e. The molecule has 1 heterocycles. The SMILES string of the molecule is CNCC1CCCN(C(C)c2ccc(O)c(OC)c2)C1. The topological polar surface area (TPSA) is 44.7 Å². The molecular formula is C16H26N2O2. The van der Waals surface area contributed by atoms with Crippen LogP contribution in [0.4, 0.5) is 0 Å². The lowest BCUT2D eigenvalue weighted by Gasteiger charge is -2.37. The Labute approximate surface area is 121 Å². The minimum atomic E-state index is 0.204. The van der Waals surface area contributed by atoms with E-state index in [9.17, 15) is 5.11 Å². The van der Waals surface area contributed by atoms with Crippen molar-refractivity contribution in [2.24, 2.45) is 5.92 Å². The number of rotatable bonds is 5. The summed E-state index contributed by atoms with van der Waals surface area (Å²) in [4.78, 5) is 2.53. The quantitative estimate of drug-likeness (QED) is 0.868. The van der Waals surface area contributed by atoms with Gasteiger partial charge in [0, 0.05) is 12.6 Å². The van der Waals surface area contributed by atoms with Crippen LogP contribution in [0.25, 0.3) is 0 Å². The Kier molecular flexibility index (Phi) is 5.26. The molecular weight excluding hydrogens is 252 g/mol. The van der Waals surface area contributed by atoms with Crippen molar-refractivity contribution in [1.29, 1.82) is 0 Å². The molecule has 1 aliphatic rings. The van der Waals surface area contributed by atoms with Crippen LogP contribution < -0.4 is 10.1 Å². The highest BCUT2D eigenvalue weighted by atomic mass is 16.5. The standard InChI is InChI=1S/C16H26N2O2/c1-12(14-6-7-15(19)16(9-14)20-3)18-8-4-5-13(11-18)10-17-2/h6-7,9,12-13,17,19H,4-5,8,10-11H2,1-3H3. The molecule has 0 bridgehead atoms. The number of aromatic hydroxyl groups is 1. The van der Waals surface area contributed by atoms with Crippen molar-refractivity contribution in [3.8, 4) is 11.5 Å². The molecule has 0 amide bonds. The molecule has 2 atom stereocenters. The van der Waals surface area contributed by atoms with Gasteiger partial charge in [0.2, 0.25) is 0 Å². The van der Waals surface area contributed by atoms with Gasteiger partial charge in [0.1, 0.15) is 0 Å². The lowest BCUT2D eigenvalue weighted by Crippen LogP contribution is -2.40. The molecule has 4 nitrogen and oxygen atoms in total. The Balaban J connectivity index is 2.08. The van der Waals surface area contributed by atoms with Crippen molar-refractivity contribution in [2.45, 2.75) is 25.8 Å². The summed E-state index contributed by atoms with van der Waals surface area (Å²) in [6.45, 7) is 5.59. The molecule has 0 aromatic heterocycles. The van der Waals surface area contributed by atoms with Crippen molar-refractivity contribution in [2.75, 3.05) is 33.8 Å². The highest BCUT2D eigenvalue weighted by Crippen LogP contribution is 2.32. The number of nitrogens with zero attached hydrogens (tertiary/aromatic N) is 1. The molecule has 1 saturated heterocycles. The van der Waals surface area contributed by atoms with Crippen molar-refractivity contribution in [3.05, 3.63) is 23.8 Å². The number of hydrogen-bond acceptors (Lipinski definition) is 4. The maximum Gasteiger partial charge on any atom is 0.160 e. The number of hydrogen-bond donors (Lipinski definition) is 2. The van der Waals surface area contributed by atoms with E-state index < -0.39 is 0 Å². The first-order chi connectivity index (χ1) is 9.65. The van der Waals surface area contributed by atoms with Gasteiger partial charge in [-0.25, -0.2) is 0 Å². The number of benzene rings is 1. The number of phenolic OH excluding ortho intramolecular Hbond substituents is 1. The third-order valence-corrected chi connectivity index (χ3v) is 4.28. The molecule has 112 valence electrons. The van der Waals surface area contributed by atoms with E-state index >= 15 is 0 Å². The maximum atomic E-state index is 9.69. The zero-order chi connectivity index (χ0) is 14.5. The Hall–Kier alpha value is -1.26. The lowest BCUT2D eigenvalue weighted by atomic mass is 9.95. The number of methoxy groups -OCH3 is 1. The fraction of sp³-hybridized carbons (Fsp3) is 0.625. The van der Waals surface area contributed by atoms with Crippen LogP contribution in [0.2, 0.25) is 0 Å². The monoisotopic (exact) mass is 278 g/mol. The van der Waals surface area contributed by atoms with Gasteiger partial charge in [0.05, 0.1) is 7.11 Å². The Morgan fingerprint density at radius 1 is 1.50 bits per heavy atom. The lowest BCUT2D eigenvalue weighted by molar-refractivity contribution is 0.131. The third-order valence-electron chi connectivity index (χ3n) is 4.28. The van der Waals surface area contributed by atoms with Gasteiger partial charge in [-0.2, -0.15) is 0 Å². The second-order valence-corrected chi connectivity index (χ2v) is 5.67. The van der Waals surface area contributed by atoms with Gasteiger partial charge >= 0.3 is 0 Å². The van der Waals surface area contributed by atoms with Gasteiger partial charge in [-0.3, -0.25) is 4.90 Å². The number of nitrogens with one attached hydrogen (secondary N) is 1. The summed E-state index contributed by atoms with van der Waals surface area (Å²) in [6, 6.07) is 6.01. The molecule has 1 aliphatic heterocycles. The maximum absolute atomic E-state index is 9.69. The zero-order valence-electron chi connectivity index (χ0n) is 12.7. The molecule has 1 aromatic rings. The molecule has 2 unspecified atom stereocenters. The van der Waals surface area contributed by atoms with Gasteiger partial charge in [-0.15, -0.1) is 0 Å². The molecule has 0 spiro atoms. The molecule has 0 saturated carbocycles. The fourth-order valence-electron chi connectivity index (χ4n) is 3.07. The van der Waals surface area contributed by atoms with Gasteiger partial charge < -0.3 is 15.2 Å². The second kappa shape index (κ2) is 6.95. The van der Waals surface area contributed by atoms with Gasteiger partial charge in [0.25, 0.3) is 0 Å². The molecule has 0 aliphatic carbocycles. The van der Waals surface area contributed by atoms with E-state index in [1.54, 1.807) is 13.2 Å². The van der Waals surface area contributed by atoms with Crippen LogP contribution in [0.15, 0.2) is 18.2 Å². The van der Waals surface area contributed by atoms with Crippen molar-refractivity contribution in [1.82, 2.24) is 10.2 Å². The molecule has 2 N–H and O–H groups in total. The van der Waals surface area contributed by atoms with Gasteiger partial charge in [-0.1, -0.05) is 6.07 Å². The highest BCUT2D eigenvalue weighted by molar-refractivity contribution is 5.42. The summed E-state index contributed by atoms with van der Waals surface area (Å²) in [6.07, 6.45) is 2.56. The number of phenols is 1. The van der Waals surface area contributed by atoms with Crippen LogP contribution in [-0.2, 0) is 0 Å². The van der Waals surface area contributed by atoms with E-state index in [4.69, 9.17) is 4.74 Å². The first-order valence-electron chi connectivity index (χ1n) is 7.41. The van der Waals surface area contributed by atoms with E-state index in [1.807, 2.05) is 19.2 Å². The van der Waals surface area contributed by atoms with Crippen LogP contribution in [0.3, 0.4) is 0 Å². The van der Waals surface area contributed by atoms with Crippen LogP contribution in [0.5, 0.6) is 11.5 Å². The van der Waals surface area contributed by atoms with E-state index in [0.29, 0.717) is 11.8 Å². The predicted octanol–water partition coefficient (Wildman–Crippen LogP) is 2.39. The Morgan fingerprint density at radius 3 is 3.00 bits per heavy atom. The first kappa shape index (κ1) is 15.1. The molecule has 0 radical (unpaired) electrons. The van der Waals surface area contributed by atoms with Crippen molar-refractivity contribution in [3.63, 3.8) is 0 Å². The molecule has 1 aromatic carbocycles. The van der Waals surface area contributed by atoms with Crippen LogP contribution >= 0.6 is 0 Å². The predicted molar refractivity (Wildman–Crippen MR) is 81.3 cm³/mol. The summed E-state index contributed by atoms with van der Waals surface area (Å²) in [5, 5.41) is 13.0. The average molecular weight is 278 g/mol. The summed E-state index contributed by atoms with van der Waals surface area (Å²) in [7, 11) is 3.61. The van der Waals surface area contributed by atoms with E-state index in [2.05, 4.69) is 17.1 Å². The van der Waals surface area contributed by atoms with E-state index in [-0.39, 0.29) is 5.75 Å². The molecule has 4 heteroatoms. The van der Waals surface area contributed by atoms with Gasteiger partial charge in [-0.05, 0) is 63.5 Å². The first-order valence-corrected chi connectivity index (χ1v) is 7.41.